The number of ether oxygens (including phenoxy) is 2. The van der Waals surface area contributed by atoms with Crippen LogP contribution in [0.25, 0.3) is 0 Å². The lowest BCUT2D eigenvalue weighted by Crippen LogP contribution is -2.12. The molecule has 0 bridgehead atoms. The summed E-state index contributed by atoms with van der Waals surface area (Å²) in [6.07, 6.45) is 10.9. The second-order valence-electron chi connectivity index (χ2n) is 6.20. The summed E-state index contributed by atoms with van der Waals surface area (Å²) in [6, 6.07) is 0. The molecule has 0 spiro atoms. The first-order valence-electron chi connectivity index (χ1n) is 8.95. The van der Waals surface area contributed by atoms with Crippen molar-refractivity contribution in [3.63, 3.8) is 0 Å². The van der Waals surface area contributed by atoms with Gasteiger partial charge in [-0.15, -0.1) is 0 Å². The van der Waals surface area contributed by atoms with E-state index in [1.165, 1.54) is 33.1 Å². The fraction of sp³-hybridized carbons (Fsp3) is 0.600. The molecule has 0 rings (SSSR count). The Morgan fingerprint density at radius 2 is 1.20 bits per heavy atom. The lowest BCUT2D eigenvalue weighted by molar-refractivity contribution is -0.148. The number of hydrogen-bond donors (Lipinski definition) is 1. The zero-order valence-corrected chi connectivity index (χ0v) is 15.6. The smallest absolute Gasteiger partial charge is 0.340 e. The van der Waals surface area contributed by atoms with Gasteiger partial charge in [0.05, 0.1) is 0 Å². The van der Waals surface area contributed by atoms with Crippen LogP contribution in [0.2, 0.25) is 0 Å². The van der Waals surface area contributed by atoms with E-state index < -0.39 is 11.9 Å². The molecule has 5 nitrogen and oxygen atoms in total. The Morgan fingerprint density at radius 3 is 1.60 bits per heavy atom. The van der Waals surface area contributed by atoms with E-state index >= 15 is 0 Å². The highest BCUT2D eigenvalue weighted by Crippen LogP contribution is 2.13. The minimum Gasteiger partial charge on any atom is -0.396 e. The summed E-state index contributed by atoms with van der Waals surface area (Å²) in [7, 11) is 0. The number of unbranched alkanes of at least 4 members (excludes halogenated alkanes) is 8. The van der Waals surface area contributed by atoms with Crippen LogP contribution in [-0.2, 0) is 19.1 Å². The van der Waals surface area contributed by atoms with Crippen LogP contribution in [-0.4, -0.2) is 23.7 Å². The Hall–Kier alpha value is -1.88. The van der Waals surface area contributed by atoms with Gasteiger partial charge in [0, 0.05) is 17.8 Å². The first-order chi connectivity index (χ1) is 11.9. The Morgan fingerprint density at radius 1 is 0.800 bits per heavy atom. The summed E-state index contributed by atoms with van der Waals surface area (Å²) < 4.78 is 10.1. The first-order valence-corrected chi connectivity index (χ1v) is 8.95. The summed E-state index contributed by atoms with van der Waals surface area (Å²) in [5.74, 6) is -1.35. The van der Waals surface area contributed by atoms with Crippen LogP contribution >= 0.6 is 0 Å². The van der Waals surface area contributed by atoms with Crippen LogP contribution in [0.15, 0.2) is 36.3 Å². The van der Waals surface area contributed by atoms with Crippen molar-refractivity contribution in [1.82, 2.24) is 0 Å². The van der Waals surface area contributed by atoms with Crippen molar-refractivity contribution in [3.05, 3.63) is 36.3 Å². The third kappa shape index (κ3) is 13.1. The van der Waals surface area contributed by atoms with E-state index in [0.29, 0.717) is 6.42 Å². The van der Waals surface area contributed by atoms with E-state index in [0.717, 1.165) is 32.1 Å². The molecule has 0 aliphatic carbocycles. The van der Waals surface area contributed by atoms with E-state index in [4.69, 9.17) is 14.6 Å². The summed E-state index contributed by atoms with van der Waals surface area (Å²) >= 11 is 0. The highest BCUT2D eigenvalue weighted by Gasteiger charge is 2.13. The van der Waals surface area contributed by atoms with Gasteiger partial charge in [0.2, 0.25) is 0 Å². The van der Waals surface area contributed by atoms with Gasteiger partial charge in [-0.2, -0.15) is 0 Å². The van der Waals surface area contributed by atoms with E-state index in [-0.39, 0.29) is 23.7 Å². The van der Waals surface area contributed by atoms with Crippen molar-refractivity contribution in [2.24, 2.45) is 0 Å². The number of esters is 2. The van der Waals surface area contributed by atoms with Gasteiger partial charge in [0.15, 0.2) is 0 Å². The second-order valence-corrected chi connectivity index (χ2v) is 6.20. The molecular formula is C20H32O5. The predicted octanol–water partition coefficient (Wildman–Crippen LogP) is 4.57. The van der Waals surface area contributed by atoms with E-state index in [2.05, 4.69) is 13.2 Å². The molecule has 0 radical (unpaired) electrons. The molecule has 5 heteroatoms. The summed E-state index contributed by atoms with van der Waals surface area (Å²) in [4.78, 5) is 23.2. The maximum absolute atomic E-state index is 11.6. The number of hydrogen-bond acceptors (Lipinski definition) is 5. The number of allylic oxidation sites excluding steroid dienone is 1. The number of aliphatic hydroxyl groups excluding tert-OH is 1. The van der Waals surface area contributed by atoms with E-state index in [1.807, 2.05) is 0 Å². The van der Waals surface area contributed by atoms with E-state index in [9.17, 15) is 9.59 Å². The molecule has 0 amide bonds. The monoisotopic (exact) mass is 352 g/mol. The van der Waals surface area contributed by atoms with Crippen LogP contribution in [0.1, 0.15) is 71.6 Å². The highest BCUT2D eigenvalue weighted by atomic mass is 16.7. The molecule has 0 aromatic carbocycles. The topological polar surface area (TPSA) is 72.8 Å². The number of carbonyl (C=O) groups excluding carboxylic acids is 2. The average molecular weight is 352 g/mol. The summed E-state index contributed by atoms with van der Waals surface area (Å²) in [5, 5.41) is 8.70. The maximum Gasteiger partial charge on any atom is 0.340 e. The zero-order chi connectivity index (χ0) is 19.1. The van der Waals surface area contributed by atoms with Crippen molar-refractivity contribution >= 4 is 11.9 Å². The molecule has 0 saturated heterocycles. The summed E-state index contributed by atoms with van der Waals surface area (Å²) in [6.45, 7) is 10.3. The van der Waals surface area contributed by atoms with Crippen molar-refractivity contribution in [2.45, 2.75) is 71.6 Å². The van der Waals surface area contributed by atoms with Crippen molar-refractivity contribution < 1.29 is 24.2 Å². The van der Waals surface area contributed by atoms with Crippen molar-refractivity contribution in [3.8, 4) is 0 Å². The minimum absolute atomic E-state index is 0.106. The molecule has 0 aromatic rings. The van der Waals surface area contributed by atoms with Gasteiger partial charge < -0.3 is 14.6 Å². The maximum atomic E-state index is 11.6. The normalized spacial score (nSPS) is 10.0. The van der Waals surface area contributed by atoms with Gasteiger partial charge in [0.25, 0.3) is 5.95 Å². The molecule has 0 unspecified atom stereocenters. The van der Waals surface area contributed by atoms with Gasteiger partial charge in [-0.05, 0) is 39.2 Å². The second kappa shape index (κ2) is 14.5. The third-order valence-corrected chi connectivity index (χ3v) is 3.51. The van der Waals surface area contributed by atoms with Crippen LogP contribution in [0.3, 0.4) is 0 Å². The standard InChI is InChI=1S/C20H32O5/c1-16(2)19(22)24-18(25-20(23)17(3)4)14-12-10-8-6-5-7-9-11-13-15-21/h14,21H,1,3,5-13,15H2,2,4H3. The lowest BCUT2D eigenvalue weighted by Gasteiger charge is -2.09. The quantitative estimate of drug-likeness (QED) is 0.214. The fourth-order valence-electron chi connectivity index (χ4n) is 2.00. The predicted molar refractivity (Wildman–Crippen MR) is 98.5 cm³/mol. The van der Waals surface area contributed by atoms with Gasteiger partial charge in [-0.1, -0.05) is 51.7 Å². The largest absolute Gasteiger partial charge is 0.396 e. The first kappa shape index (κ1) is 23.1. The Labute approximate surface area is 151 Å². The average Bonchev–Trinajstić information content (AvgIpc) is 2.55. The fourth-order valence-corrected chi connectivity index (χ4v) is 2.00. The van der Waals surface area contributed by atoms with E-state index in [1.54, 1.807) is 6.08 Å². The molecule has 0 heterocycles. The van der Waals surface area contributed by atoms with Crippen LogP contribution in [0.4, 0.5) is 0 Å². The van der Waals surface area contributed by atoms with Gasteiger partial charge in [-0.25, -0.2) is 9.59 Å². The molecule has 0 aliphatic rings. The SMILES string of the molecule is C=C(C)C(=O)OC(=CCCCCCCCCCCO)OC(=O)C(=C)C. The number of aliphatic hydroxyl groups is 1. The third-order valence-electron chi connectivity index (χ3n) is 3.51. The Balaban J connectivity index is 4.16. The van der Waals surface area contributed by atoms with Gasteiger partial charge >= 0.3 is 11.9 Å². The highest BCUT2D eigenvalue weighted by molar-refractivity contribution is 5.89. The van der Waals surface area contributed by atoms with Crippen molar-refractivity contribution in [2.75, 3.05) is 6.61 Å². The van der Waals surface area contributed by atoms with Crippen LogP contribution < -0.4 is 0 Å². The molecule has 0 fully saturated rings. The summed E-state index contributed by atoms with van der Waals surface area (Å²) in [5.41, 5.74) is 0.469. The Bertz CT molecular complexity index is 446. The van der Waals surface area contributed by atoms with Crippen LogP contribution in [0, 0.1) is 0 Å². The lowest BCUT2D eigenvalue weighted by atomic mass is 10.1. The minimum atomic E-state index is -0.622. The molecular weight excluding hydrogens is 320 g/mol. The molecule has 0 aliphatic heterocycles. The van der Waals surface area contributed by atoms with Gasteiger partial charge in [-0.3, -0.25) is 0 Å². The number of rotatable bonds is 14. The molecule has 0 aromatic heterocycles. The molecule has 25 heavy (non-hydrogen) atoms. The van der Waals surface area contributed by atoms with Crippen molar-refractivity contribution in [1.29, 1.82) is 0 Å². The van der Waals surface area contributed by atoms with Gasteiger partial charge in [0.1, 0.15) is 0 Å². The molecule has 0 atom stereocenters. The molecule has 142 valence electrons. The molecule has 0 saturated carbocycles. The zero-order valence-electron chi connectivity index (χ0n) is 15.6. The molecule has 1 N–H and O–H groups in total. The Kier molecular flexibility index (Phi) is 13.4. The van der Waals surface area contributed by atoms with Crippen LogP contribution in [0.5, 0.6) is 0 Å². The number of carbonyl (C=O) groups is 2.